The molecule has 1 rings (SSSR count). The molecule has 0 amide bonds. The van der Waals surface area contributed by atoms with Crippen LogP contribution < -0.4 is 10.5 Å². The summed E-state index contributed by atoms with van der Waals surface area (Å²) >= 11 is 3.33. The van der Waals surface area contributed by atoms with Gasteiger partial charge in [0.15, 0.2) is 5.84 Å². The van der Waals surface area contributed by atoms with Gasteiger partial charge in [-0.25, -0.2) is 0 Å². The van der Waals surface area contributed by atoms with Gasteiger partial charge in [-0.1, -0.05) is 21.1 Å². The Hall–Kier alpha value is -1.27. The molecule has 0 aromatic heterocycles. The average Bonchev–Trinajstić information content (AvgIpc) is 2.39. The van der Waals surface area contributed by atoms with Gasteiger partial charge in [-0.2, -0.15) is 0 Å². The van der Waals surface area contributed by atoms with Crippen LogP contribution in [0.15, 0.2) is 27.8 Å². The normalized spacial score (nSPS) is 11.6. The van der Waals surface area contributed by atoms with E-state index in [4.69, 9.17) is 20.4 Å². The Balaban J connectivity index is 2.64. The second kappa shape index (κ2) is 7.94. The summed E-state index contributed by atoms with van der Waals surface area (Å²) in [7, 11) is 0. The molecule has 0 saturated carbocycles. The zero-order valence-electron chi connectivity index (χ0n) is 10.2. The van der Waals surface area contributed by atoms with Gasteiger partial charge >= 0.3 is 0 Å². The van der Waals surface area contributed by atoms with Crippen molar-refractivity contribution in [2.75, 3.05) is 19.8 Å². The summed E-state index contributed by atoms with van der Waals surface area (Å²) in [6.07, 6.45) is 0.791. The highest BCUT2D eigenvalue weighted by molar-refractivity contribution is 9.10. The van der Waals surface area contributed by atoms with E-state index in [0.29, 0.717) is 31.1 Å². The van der Waals surface area contributed by atoms with Crippen LogP contribution in [-0.4, -0.2) is 30.9 Å². The molecule has 18 heavy (non-hydrogen) atoms. The monoisotopic (exact) mass is 316 g/mol. The van der Waals surface area contributed by atoms with Crippen molar-refractivity contribution in [1.82, 2.24) is 0 Å². The van der Waals surface area contributed by atoms with E-state index in [2.05, 4.69) is 21.1 Å². The fourth-order valence-corrected chi connectivity index (χ4v) is 1.73. The molecule has 1 aromatic carbocycles. The number of ether oxygens (including phenoxy) is 2. The van der Waals surface area contributed by atoms with Gasteiger partial charge in [0.2, 0.25) is 0 Å². The van der Waals surface area contributed by atoms with Crippen molar-refractivity contribution in [2.24, 2.45) is 10.9 Å². The molecule has 0 aliphatic rings. The first-order valence-corrected chi connectivity index (χ1v) is 6.46. The number of hydrogen-bond donors (Lipinski definition) is 2. The number of rotatable bonds is 7. The maximum absolute atomic E-state index is 8.72. The molecule has 0 heterocycles. The Morgan fingerprint density at radius 1 is 1.44 bits per heavy atom. The Morgan fingerprint density at radius 3 is 2.89 bits per heavy atom. The zero-order chi connectivity index (χ0) is 13.4. The van der Waals surface area contributed by atoms with Gasteiger partial charge in [-0.3, -0.25) is 0 Å². The molecule has 6 heteroatoms. The van der Waals surface area contributed by atoms with Gasteiger partial charge in [0.25, 0.3) is 0 Å². The first kappa shape index (κ1) is 14.8. The number of hydrogen-bond acceptors (Lipinski definition) is 4. The van der Waals surface area contributed by atoms with E-state index in [0.717, 1.165) is 10.9 Å². The van der Waals surface area contributed by atoms with Crippen molar-refractivity contribution in [2.45, 2.75) is 13.3 Å². The second-order valence-electron chi connectivity index (χ2n) is 3.52. The molecule has 100 valence electrons. The first-order chi connectivity index (χ1) is 8.69. The fourth-order valence-electron chi connectivity index (χ4n) is 1.37. The molecule has 0 aliphatic carbocycles. The zero-order valence-corrected chi connectivity index (χ0v) is 11.8. The molecule has 0 spiro atoms. The lowest BCUT2D eigenvalue weighted by molar-refractivity contribution is 0.131. The molecule has 0 atom stereocenters. The summed E-state index contributed by atoms with van der Waals surface area (Å²) in [5.74, 6) is 0.612. The Morgan fingerprint density at radius 2 is 2.22 bits per heavy atom. The van der Waals surface area contributed by atoms with Crippen LogP contribution >= 0.6 is 15.9 Å². The highest BCUT2D eigenvalue weighted by Crippen LogP contribution is 2.23. The van der Waals surface area contributed by atoms with Crippen LogP contribution in [0.25, 0.3) is 0 Å². The summed E-state index contributed by atoms with van der Waals surface area (Å²) < 4.78 is 11.6. The molecule has 5 nitrogen and oxygen atoms in total. The third-order valence-electron chi connectivity index (χ3n) is 2.22. The predicted octanol–water partition coefficient (Wildman–Crippen LogP) is 2.35. The lowest BCUT2D eigenvalue weighted by atomic mass is 10.2. The molecule has 0 saturated heterocycles. The van der Waals surface area contributed by atoms with Crippen LogP contribution in [0.2, 0.25) is 0 Å². The summed E-state index contributed by atoms with van der Waals surface area (Å²) in [5, 5.41) is 11.7. The van der Waals surface area contributed by atoms with Crippen LogP contribution in [0.4, 0.5) is 0 Å². The van der Waals surface area contributed by atoms with Gasteiger partial charge < -0.3 is 20.4 Å². The average molecular weight is 317 g/mol. The molecule has 0 fully saturated rings. The molecule has 0 unspecified atom stereocenters. The molecule has 3 N–H and O–H groups in total. The maximum Gasteiger partial charge on any atom is 0.173 e. The lowest BCUT2D eigenvalue weighted by Crippen LogP contribution is -2.15. The number of halogens is 1. The number of oxime groups is 1. The van der Waals surface area contributed by atoms with E-state index >= 15 is 0 Å². The van der Waals surface area contributed by atoms with Crippen molar-refractivity contribution in [1.29, 1.82) is 0 Å². The van der Waals surface area contributed by atoms with Crippen LogP contribution in [-0.2, 0) is 4.74 Å². The second-order valence-corrected chi connectivity index (χ2v) is 4.44. The van der Waals surface area contributed by atoms with Crippen molar-refractivity contribution in [3.8, 4) is 5.75 Å². The number of benzene rings is 1. The fraction of sp³-hybridized carbons (Fsp3) is 0.417. The highest BCUT2D eigenvalue weighted by Gasteiger charge is 2.09. The largest absolute Gasteiger partial charge is 0.493 e. The van der Waals surface area contributed by atoms with E-state index in [1.807, 2.05) is 13.0 Å². The number of amidine groups is 1. The van der Waals surface area contributed by atoms with E-state index in [9.17, 15) is 0 Å². The SMILES string of the molecule is CCOCCCOc1ccc(Br)cc1/C(N)=N/O. The summed E-state index contributed by atoms with van der Waals surface area (Å²) in [6.45, 7) is 3.83. The topological polar surface area (TPSA) is 77.1 Å². The highest BCUT2D eigenvalue weighted by atomic mass is 79.9. The minimum absolute atomic E-state index is 0.0242. The van der Waals surface area contributed by atoms with E-state index in [-0.39, 0.29) is 5.84 Å². The van der Waals surface area contributed by atoms with Crippen LogP contribution in [0, 0.1) is 0 Å². The van der Waals surface area contributed by atoms with Crippen molar-refractivity contribution in [3.05, 3.63) is 28.2 Å². The smallest absolute Gasteiger partial charge is 0.173 e. The van der Waals surface area contributed by atoms with E-state index < -0.39 is 0 Å². The first-order valence-electron chi connectivity index (χ1n) is 5.67. The Bertz CT molecular complexity index is 410. The van der Waals surface area contributed by atoms with Gasteiger partial charge in [-0.05, 0) is 25.1 Å². The Labute approximate surface area is 115 Å². The minimum Gasteiger partial charge on any atom is -0.493 e. The molecule has 0 bridgehead atoms. The van der Waals surface area contributed by atoms with Gasteiger partial charge in [0.05, 0.1) is 12.2 Å². The van der Waals surface area contributed by atoms with Crippen molar-refractivity contribution in [3.63, 3.8) is 0 Å². The maximum atomic E-state index is 8.72. The molecule has 1 aromatic rings. The van der Waals surface area contributed by atoms with Gasteiger partial charge in [0, 0.05) is 24.1 Å². The third kappa shape index (κ3) is 4.54. The standard InChI is InChI=1S/C12H17BrN2O3/c1-2-17-6-3-7-18-11-5-4-9(13)8-10(11)12(14)15-16/h4-5,8,16H,2-3,6-7H2,1H3,(H2,14,15). The van der Waals surface area contributed by atoms with Crippen molar-refractivity contribution >= 4 is 21.8 Å². The van der Waals surface area contributed by atoms with Gasteiger partial charge in [-0.15, -0.1) is 0 Å². The van der Waals surface area contributed by atoms with E-state index in [1.165, 1.54) is 0 Å². The van der Waals surface area contributed by atoms with Crippen molar-refractivity contribution < 1.29 is 14.7 Å². The molecular weight excluding hydrogens is 300 g/mol. The summed E-state index contributed by atoms with van der Waals surface area (Å²) in [4.78, 5) is 0. The van der Waals surface area contributed by atoms with Crippen LogP contribution in [0.1, 0.15) is 18.9 Å². The number of nitrogens with two attached hydrogens (primary N) is 1. The van der Waals surface area contributed by atoms with E-state index in [1.54, 1.807) is 12.1 Å². The third-order valence-corrected chi connectivity index (χ3v) is 2.71. The molecule has 0 radical (unpaired) electrons. The summed E-state index contributed by atoms with van der Waals surface area (Å²) in [5.41, 5.74) is 6.15. The Kier molecular flexibility index (Phi) is 6.53. The summed E-state index contributed by atoms with van der Waals surface area (Å²) in [6, 6.07) is 5.36. The minimum atomic E-state index is 0.0242. The van der Waals surface area contributed by atoms with Gasteiger partial charge in [0.1, 0.15) is 5.75 Å². The van der Waals surface area contributed by atoms with Crippen LogP contribution in [0.3, 0.4) is 0 Å². The lowest BCUT2D eigenvalue weighted by Gasteiger charge is -2.11. The molecular formula is C12H17BrN2O3. The predicted molar refractivity (Wildman–Crippen MR) is 73.3 cm³/mol. The quantitative estimate of drug-likeness (QED) is 0.266. The van der Waals surface area contributed by atoms with Crippen LogP contribution in [0.5, 0.6) is 5.75 Å². The molecule has 0 aliphatic heterocycles. The number of nitrogens with zero attached hydrogens (tertiary/aromatic N) is 1.